The summed E-state index contributed by atoms with van der Waals surface area (Å²) in [4.78, 5) is 20.9. The summed E-state index contributed by atoms with van der Waals surface area (Å²) in [7, 11) is 0. The molecule has 1 fully saturated rings. The SMILES string of the molecule is CC(COCCNC(=O)OC(C)(C)C)NC1CCC(Nc2cc(-c3cccc(NCOCCCC#N)n3)c(Cl)cn2)CC1. The van der Waals surface area contributed by atoms with Crippen LogP contribution in [0, 0.1) is 11.3 Å². The van der Waals surface area contributed by atoms with E-state index in [-0.39, 0.29) is 6.04 Å². The molecule has 0 spiro atoms. The third kappa shape index (κ3) is 13.3. The Morgan fingerprint density at radius 1 is 1.14 bits per heavy atom. The number of amides is 1. The third-order valence-corrected chi connectivity index (χ3v) is 7.00. The van der Waals surface area contributed by atoms with Crippen molar-refractivity contribution in [3.05, 3.63) is 35.5 Å². The summed E-state index contributed by atoms with van der Waals surface area (Å²) in [6.45, 7) is 9.89. The van der Waals surface area contributed by atoms with Crippen molar-refractivity contribution in [1.29, 1.82) is 5.26 Å². The molecule has 1 unspecified atom stereocenters. The lowest BCUT2D eigenvalue weighted by Crippen LogP contribution is -2.43. The van der Waals surface area contributed by atoms with Gasteiger partial charge >= 0.3 is 6.09 Å². The second-order valence-electron chi connectivity index (χ2n) is 11.7. The Morgan fingerprint density at radius 3 is 2.65 bits per heavy atom. The number of carbonyl (C=O) groups excluding carboxylic acids is 1. The molecule has 0 radical (unpaired) electrons. The molecular weight excluding hydrogens is 570 g/mol. The van der Waals surface area contributed by atoms with Crippen LogP contribution in [-0.4, -0.2) is 72.9 Å². The van der Waals surface area contributed by atoms with E-state index in [2.05, 4.69) is 44.2 Å². The maximum atomic E-state index is 11.7. The van der Waals surface area contributed by atoms with E-state index in [9.17, 15) is 4.79 Å². The summed E-state index contributed by atoms with van der Waals surface area (Å²) in [5.74, 6) is 1.46. The molecule has 43 heavy (non-hydrogen) atoms. The Labute approximate surface area is 260 Å². The van der Waals surface area contributed by atoms with Crippen LogP contribution in [0.1, 0.15) is 66.2 Å². The number of pyridine rings is 2. The first-order valence-corrected chi connectivity index (χ1v) is 15.4. The van der Waals surface area contributed by atoms with Crippen molar-refractivity contribution in [2.75, 3.05) is 43.7 Å². The highest BCUT2D eigenvalue weighted by molar-refractivity contribution is 6.33. The number of anilines is 2. The number of halogens is 1. The summed E-state index contributed by atoms with van der Waals surface area (Å²) in [5, 5.41) is 22.3. The maximum Gasteiger partial charge on any atom is 0.407 e. The largest absolute Gasteiger partial charge is 0.444 e. The van der Waals surface area contributed by atoms with Crippen molar-refractivity contribution in [1.82, 2.24) is 20.6 Å². The summed E-state index contributed by atoms with van der Waals surface area (Å²) in [5.41, 5.74) is 1.04. The number of hydrogen-bond acceptors (Lipinski definition) is 10. The Kier molecular flexibility index (Phi) is 14.2. The number of alkyl carbamates (subject to hydrolysis) is 1. The van der Waals surface area contributed by atoms with Gasteiger partial charge in [0.15, 0.2) is 0 Å². The highest BCUT2D eigenvalue weighted by Crippen LogP contribution is 2.30. The van der Waals surface area contributed by atoms with Crippen LogP contribution in [-0.2, 0) is 14.2 Å². The van der Waals surface area contributed by atoms with E-state index in [1.54, 1.807) is 6.20 Å². The Morgan fingerprint density at radius 2 is 1.91 bits per heavy atom. The number of nitrogens with one attached hydrogen (secondary N) is 4. The normalized spacial score (nSPS) is 17.5. The zero-order chi connectivity index (χ0) is 31.1. The van der Waals surface area contributed by atoms with Crippen molar-refractivity contribution in [2.24, 2.45) is 0 Å². The molecule has 4 N–H and O–H groups in total. The Hall–Kier alpha value is -3.17. The van der Waals surface area contributed by atoms with E-state index in [1.165, 1.54) is 0 Å². The summed E-state index contributed by atoms with van der Waals surface area (Å²) >= 11 is 6.51. The van der Waals surface area contributed by atoms with Gasteiger partial charge < -0.3 is 35.5 Å². The summed E-state index contributed by atoms with van der Waals surface area (Å²) < 4.78 is 16.5. The number of nitriles is 1. The molecule has 0 bridgehead atoms. The molecule has 0 aliphatic heterocycles. The molecule has 1 aliphatic carbocycles. The van der Waals surface area contributed by atoms with Crippen LogP contribution in [0.2, 0.25) is 5.02 Å². The van der Waals surface area contributed by atoms with Crippen LogP contribution >= 0.6 is 11.6 Å². The lowest BCUT2D eigenvalue weighted by molar-refractivity contribution is 0.0492. The summed E-state index contributed by atoms with van der Waals surface area (Å²) in [6, 6.07) is 10.7. The average molecular weight is 616 g/mol. The predicted octanol–water partition coefficient (Wildman–Crippen LogP) is 5.73. The predicted molar refractivity (Wildman–Crippen MR) is 169 cm³/mol. The zero-order valence-corrected chi connectivity index (χ0v) is 26.5. The fourth-order valence-electron chi connectivity index (χ4n) is 4.71. The molecule has 1 atom stereocenters. The fraction of sp³-hybridized carbons (Fsp3) is 0.613. The van der Waals surface area contributed by atoms with Crippen LogP contribution in [0.25, 0.3) is 11.3 Å². The second kappa shape index (κ2) is 17.8. The highest BCUT2D eigenvalue weighted by Gasteiger charge is 2.23. The lowest BCUT2D eigenvalue weighted by atomic mass is 9.90. The zero-order valence-electron chi connectivity index (χ0n) is 25.7. The van der Waals surface area contributed by atoms with Crippen LogP contribution in [0.4, 0.5) is 16.4 Å². The third-order valence-electron chi connectivity index (χ3n) is 6.69. The van der Waals surface area contributed by atoms with Gasteiger partial charge in [-0.15, -0.1) is 0 Å². The molecule has 2 aromatic heterocycles. The van der Waals surface area contributed by atoms with Crippen LogP contribution in [0.15, 0.2) is 30.5 Å². The molecule has 1 aliphatic rings. The number of carbonyl (C=O) groups is 1. The second-order valence-corrected chi connectivity index (χ2v) is 12.1. The lowest BCUT2D eigenvalue weighted by Gasteiger charge is -2.32. The molecule has 11 nitrogen and oxygen atoms in total. The Balaban J connectivity index is 1.38. The first-order valence-electron chi connectivity index (χ1n) is 15.0. The van der Waals surface area contributed by atoms with Gasteiger partial charge in [-0.1, -0.05) is 17.7 Å². The molecule has 3 rings (SSSR count). The fourth-order valence-corrected chi connectivity index (χ4v) is 4.91. The van der Waals surface area contributed by atoms with Crippen LogP contribution in [0.5, 0.6) is 0 Å². The molecule has 1 amide bonds. The molecule has 2 aromatic rings. The first kappa shape index (κ1) is 34.3. The van der Waals surface area contributed by atoms with Gasteiger partial charge in [0.2, 0.25) is 0 Å². The number of nitrogens with zero attached hydrogens (tertiary/aromatic N) is 3. The van der Waals surface area contributed by atoms with Crippen molar-refractivity contribution < 1.29 is 19.0 Å². The molecule has 1 saturated carbocycles. The molecule has 2 heterocycles. The number of hydrogen-bond donors (Lipinski definition) is 4. The van der Waals surface area contributed by atoms with E-state index in [4.69, 9.17) is 31.1 Å². The van der Waals surface area contributed by atoms with Crippen LogP contribution < -0.4 is 21.3 Å². The van der Waals surface area contributed by atoms with Crippen LogP contribution in [0.3, 0.4) is 0 Å². The minimum absolute atomic E-state index is 0.212. The smallest absolute Gasteiger partial charge is 0.407 e. The minimum Gasteiger partial charge on any atom is -0.444 e. The number of ether oxygens (including phenoxy) is 3. The van der Waals surface area contributed by atoms with Gasteiger partial charge in [0.05, 0.1) is 30.0 Å². The van der Waals surface area contributed by atoms with Gasteiger partial charge in [-0.3, -0.25) is 0 Å². The Bertz CT molecular complexity index is 1180. The van der Waals surface area contributed by atoms with E-state index >= 15 is 0 Å². The topological polar surface area (TPSA) is 142 Å². The van der Waals surface area contributed by atoms with Gasteiger partial charge in [-0.25, -0.2) is 14.8 Å². The number of unbranched alkanes of at least 4 members (excludes halogenated alkanes) is 1. The van der Waals surface area contributed by atoms with Crippen molar-refractivity contribution in [3.8, 4) is 17.3 Å². The van der Waals surface area contributed by atoms with Crippen molar-refractivity contribution >= 4 is 29.3 Å². The van der Waals surface area contributed by atoms with Gasteiger partial charge in [-0.2, -0.15) is 5.26 Å². The van der Waals surface area contributed by atoms with Crippen molar-refractivity contribution in [2.45, 2.75) is 89.9 Å². The average Bonchev–Trinajstić information content (AvgIpc) is 2.96. The summed E-state index contributed by atoms with van der Waals surface area (Å²) in [6.07, 6.45) is 6.58. The molecule has 0 saturated heterocycles. The molecular formula is C31H46ClN7O4. The van der Waals surface area contributed by atoms with Gasteiger partial charge in [0.25, 0.3) is 0 Å². The highest BCUT2D eigenvalue weighted by atomic mass is 35.5. The monoisotopic (exact) mass is 615 g/mol. The molecule has 12 heteroatoms. The van der Waals surface area contributed by atoms with Gasteiger partial charge in [-0.05, 0) is 78.0 Å². The maximum absolute atomic E-state index is 11.7. The van der Waals surface area contributed by atoms with E-state index in [0.717, 1.165) is 42.8 Å². The quantitative estimate of drug-likeness (QED) is 0.137. The molecule has 0 aromatic carbocycles. The molecule has 236 valence electrons. The number of rotatable bonds is 16. The van der Waals surface area contributed by atoms with E-state index in [0.29, 0.717) is 68.9 Å². The van der Waals surface area contributed by atoms with Gasteiger partial charge in [0.1, 0.15) is 24.0 Å². The van der Waals surface area contributed by atoms with Gasteiger partial charge in [0, 0.05) is 49.5 Å². The van der Waals surface area contributed by atoms with Crippen molar-refractivity contribution in [3.63, 3.8) is 0 Å². The number of aromatic nitrogens is 2. The van der Waals surface area contributed by atoms with E-state index < -0.39 is 11.7 Å². The van der Waals surface area contributed by atoms with E-state index in [1.807, 2.05) is 45.0 Å². The minimum atomic E-state index is -0.509. The first-order chi connectivity index (χ1) is 20.6. The standard InChI is InChI=1S/C31H46ClN7O4/c1-22(20-41-17-15-34-30(40)43-31(2,3)4)37-23-10-12-24(13-11-23)38-29-18-25(26(32)19-35-29)27-8-7-9-28(39-27)36-21-42-16-6-5-14-33/h7-9,18-19,22-24,37H,5-6,10-13,15-17,20-21H2,1-4H3,(H,34,40)(H,35,38)(H,36,39).